The van der Waals surface area contributed by atoms with Crippen LogP contribution < -0.4 is 5.32 Å². The van der Waals surface area contributed by atoms with Crippen molar-refractivity contribution in [2.75, 3.05) is 7.05 Å². The zero-order chi connectivity index (χ0) is 13.1. The molecule has 0 aliphatic heterocycles. The fourth-order valence-electron chi connectivity index (χ4n) is 2.09. The molecule has 0 aliphatic carbocycles. The van der Waals surface area contributed by atoms with Crippen molar-refractivity contribution in [1.82, 2.24) is 5.32 Å². The van der Waals surface area contributed by atoms with E-state index >= 15 is 0 Å². The maximum absolute atomic E-state index is 13.8. The molecule has 0 radical (unpaired) electrons. The number of hydrogen-bond acceptors (Lipinski definition) is 1. The average molecular weight is 247 g/mol. The van der Waals surface area contributed by atoms with Crippen LogP contribution in [0.3, 0.4) is 0 Å². The summed E-state index contributed by atoms with van der Waals surface area (Å²) in [4.78, 5) is 0. The van der Waals surface area contributed by atoms with Crippen molar-refractivity contribution in [2.45, 2.75) is 13.0 Å². The molecule has 0 heterocycles. The molecule has 0 bridgehead atoms. The molecule has 0 saturated heterocycles. The maximum atomic E-state index is 13.8. The lowest BCUT2D eigenvalue weighted by atomic mass is 9.97. The summed E-state index contributed by atoms with van der Waals surface area (Å²) in [5.41, 5.74) is 2.33. The molecule has 1 nitrogen and oxygen atoms in total. The molecule has 1 atom stereocenters. The summed E-state index contributed by atoms with van der Waals surface area (Å²) < 4.78 is 27.1. The van der Waals surface area contributed by atoms with Crippen LogP contribution in [0.15, 0.2) is 42.5 Å². The molecule has 3 heteroatoms. The Labute approximate surface area is 105 Å². The standard InChI is InChI=1S/C15H15F2N/c1-10-5-3-6-11(9-10)15(18-2)12-7-4-8-13(16)14(12)17/h3-9,15,18H,1-2H3. The van der Waals surface area contributed by atoms with Gasteiger partial charge in [-0.25, -0.2) is 8.78 Å². The molecule has 0 aromatic heterocycles. The molecule has 94 valence electrons. The Hall–Kier alpha value is -1.74. The Morgan fingerprint density at radius 1 is 1.06 bits per heavy atom. The topological polar surface area (TPSA) is 12.0 Å². The Morgan fingerprint density at radius 3 is 2.44 bits per heavy atom. The third-order valence-electron chi connectivity index (χ3n) is 2.96. The van der Waals surface area contributed by atoms with Crippen LogP contribution in [0.1, 0.15) is 22.7 Å². The van der Waals surface area contributed by atoms with Crippen molar-refractivity contribution in [3.8, 4) is 0 Å². The highest BCUT2D eigenvalue weighted by Gasteiger charge is 2.18. The number of rotatable bonds is 3. The molecular weight excluding hydrogens is 232 g/mol. The van der Waals surface area contributed by atoms with Crippen LogP contribution in [0.5, 0.6) is 0 Å². The van der Waals surface area contributed by atoms with Crippen LogP contribution in [0.4, 0.5) is 8.78 Å². The van der Waals surface area contributed by atoms with E-state index in [0.29, 0.717) is 5.56 Å². The zero-order valence-electron chi connectivity index (χ0n) is 10.4. The van der Waals surface area contributed by atoms with E-state index < -0.39 is 11.6 Å². The van der Waals surface area contributed by atoms with Crippen molar-refractivity contribution in [1.29, 1.82) is 0 Å². The normalized spacial score (nSPS) is 12.4. The predicted molar refractivity (Wildman–Crippen MR) is 68.4 cm³/mol. The van der Waals surface area contributed by atoms with Gasteiger partial charge in [0.05, 0.1) is 6.04 Å². The van der Waals surface area contributed by atoms with E-state index in [1.807, 2.05) is 31.2 Å². The van der Waals surface area contributed by atoms with Crippen LogP contribution in [-0.2, 0) is 0 Å². The second-order valence-electron chi connectivity index (χ2n) is 4.28. The lowest BCUT2D eigenvalue weighted by Crippen LogP contribution is -2.19. The Balaban J connectivity index is 2.49. The molecule has 0 amide bonds. The quantitative estimate of drug-likeness (QED) is 0.874. The minimum Gasteiger partial charge on any atom is -0.309 e. The van der Waals surface area contributed by atoms with Crippen molar-refractivity contribution >= 4 is 0 Å². The fraction of sp³-hybridized carbons (Fsp3) is 0.200. The van der Waals surface area contributed by atoms with Gasteiger partial charge in [-0.15, -0.1) is 0 Å². The van der Waals surface area contributed by atoms with Crippen molar-refractivity contribution in [3.05, 3.63) is 70.8 Å². The minimum atomic E-state index is -0.819. The second-order valence-corrected chi connectivity index (χ2v) is 4.28. The first kappa shape index (κ1) is 12.7. The van der Waals surface area contributed by atoms with Gasteiger partial charge in [0.1, 0.15) is 0 Å². The van der Waals surface area contributed by atoms with E-state index in [9.17, 15) is 8.78 Å². The van der Waals surface area contributed by atoms with Crippen LogP contribution in [0.2, 0.25) is 0 Å². The predicted octanol–water partition coefficient (Wildman–Crippen LogP) is 3.58. The minimum absolute atomic E-state index is 0.322. The van der Waals surface area contributed by atoms with Gasteiger partial charge in [0, 0.05) is 5.56 Å². The fourth-order valence-corrected chi connectivity index (χ4v) is 2.09. The van der Waals surface area contributed by atoms with Gasteiger partial charge in [-0.3, -0.25) is 0 Å². The Bertz CT molecular complexity index is 552. The SMILES string of the molecule is CNC(c1cccc(C)c1)c1cccc(F)c1F. The third kappa shape index (κ3) is 2.41. The van der Waals surface area contributed by atoms with Crippen LogP contribution in [0.25, 0.3) is 0 Å². The van der Waals surface area contributed by atoms with Gasteiger partial charge in [0.2, 0.25) is 0 Å². The van der Waals surface area contributed by atoms with Gasteiger partial charge >= 0.3 is 0 Å². The summed E-state index contributed by atoms with van der Waals surface area (Å²) in [7, 11) is 1.73. The summed E-state index contributed by atoms with van der Waals surface area (Å²) in [5, 5.41) is 3.02. The molecule has 0 aliphatic rings. The summed E-state index contributed by atoms with van der Waals surface area (Å²) in [5.74, 6) is -1.61. The average Bonchev–Trinajstić information content (AvgIpc) is 2.35. The summed E-state index contributed by atoms with van der Waals surface area (Å²) in [6.45, 7) is 1.97. The third-order valence-corrected chi connectivity index (χ3v) is 2.96. The zero-order valence-corrected chi connectivity index (χ0v) is 10.4. The number of aryl methyl sites for hydroxylation is 1. The number of nitrogens with one attached hydrogen (secondary N) is 1. The van der Waals surface area contributed by atoms with E-state index in [-0.39, 0.29) is 6.04 Å². The number of benzene rings is 2. The van der Waals surface area contributed by atoms with E-state index in [4.69, 9.17) is 0 Å². The summed E-state index contributed by atoms with van der Waals surface area (Å²) in [6.07, 6.45) is 0. The maximum Gasteiger partial charge on any atom is 0.163 e. The lowest BCUT2D eigenvalue weighted by Gasteiger charge is -2.18. The van der Waals surface area contributed by atoms with Gasteiger partial charge in [-0.2, -0.15) is 0 Å². The van der Waals surface area contributed by atoms with E-state index in [0.717, 1.165) is 17.2 Å². The summed E-state index contributed by atoms with van der Waals surface area (Å²) in [6, 6.07) is 11.6. The van der Waals surface area contributed by atoms with Crippen molar-refractivity contribution in [3.63, 3.8) is 0 Å². The first-order valence-corrected chi connectivity index (χ1v) is 5.81. The van der Waals surface area contributed by atoms with E-state index in [1.54, 1.807) is 13.1 Å². The van der Waals surface area contributed by atoms with Crippen LogP contribution in [-0.4, -0.2) is 7.05 Å². The first-order chi connectivity index (χ1) is 8.63. The Morgan fingerprint density at radius 2 is 1.78 bits per heavy atom. The molecule has 0 saturated carbocycles. The summed E-state index contributed by atoms with van der Waals surface area (Å²) >= 11 is 0. The molecule has 2 rings (SSSR count). The van der Waals surface area contributed by atoms with Crippen molar-refractivity contribution in [2.24, 2.45) is 0 Å². The van der Waals surface area contributed by atoms with Gasteiger partial charge < -0.3 is 5.32 Å². The molecule has 0 spiro atoms. The number of hydrogen-bond donors (Lipinski definition) is 1. The Kier molecular flexibility index (Phi) is 3.72. The smallest absolute Gasteiger partial charge is 0.163 e. The first-order valence-electron chi connectivity index (χ1n) is 5.81. The highest BCUT2D eigenvalue weighted by atomic mass is 19.2. The monoisotopic (exact) mass is 247 g/mol. The molecule has 1 N–H and O–H groups in total. The van der Waals surface area contributed by atoms with Gasteiger partial charge in [0.15, 0.2) is 11.6 Å². The van der Waals surface area contributed by atoms with Gasteiger partial charge in [0.25, 0.3) is 0 Å². The highest BCUT2D eigenvalue weighted by molar-refractivity contribution is 5.35. The van der Waals surface area contributed by atoms with Gasteiger partial charge in [-0.1, -0.05) is 42.0 Å². The largest absolute Gasteiger partial charge is 0.309 e. The molecular formula is C15H15F2N. The highest BCUT2D eigenvalue weighted by Crippen LogP contribution is 2.25. The molecule has 2 aromatic rings. The van der Waals surface area contributed by atoms with Crippen molar-refractivity contribution < 1.29 is 8.78 Å². The molecule has 0 fully saturated rings. The number of halogens is 2. The molecule has 2 aromatic carbocycles. The lowest BCUT2D eigenvalue weighted by molar-refractivity contribution is 0.487. The molecule has 1 unspecified atom stereocenters. The van der Waals surface area contributed by atoms with E-state index in [2.05, 4.69) is 5.32 Å². The van der Waals surface area contributed by atoms with E-state index in [1.165, 1.54) is 6.07 Å². The van der Waals surface area contributed by atoms with Gasteiger partial charge in [-0.05, 0) is 25.6 Å². The second kappa shape index (κ2) is 5.27. The van der Waals surface area contributed by atoms with Crippen LogP contribution in [0, 0.1) is 18.6 Å². The molecule has 18 heavy (non-hydrogen) atoms. The van der Waals surface area contributed by atoms with Crippen LogP contribution >= 0.6 is 0 Å².